The van der Waals surface area contributed by atoms with E-state index in [4.69, 9.17) is 15.7 Å². The van der Waals surface area contributed by atoms with Gasteiger partial charge in [-0.05, 0) is 72.5 Å². The standard InChI is InChI=1S/C19H26BrN7S/c1-11(2)27-10-23-16-17(22-8-12-7-15(20)28-9-12)25-19(26-18(16)27)24-14-5-3-13(21)4-6-14/h7,9-11,13-14H,3-6,8,21H2,1-2H3,(H2,22,24,25,26). The van der Waals surface area contributed by atoms with Crippen molar-refractivity contribution < 1.29 is 0 Å². The first-order valence-corrected chi connectivity index (χ1v) is 11.4. The van der Waals surface area contributed by atoms with Crippen LogP contribution in [0, 0.1) is 0 Å². The van der Waals surface area contributed by atoms with Crippen LogP contribution in [-0.2, 0) is 6.54 Å². The van der Waals surface area contributed by atoms with Crippen molar-refractivity contribution in [3.05, 3.63) is 27.1 Å². The van der Waals surface area contributed by atoms with Crippen LogP contribution in [0.1, 0.15) is 51.1 Å². The number of hydrogen-bond donors (Lipinski definition) is 3. The number of anilines is 2. The lowest BCUT2D eigenvalue weighted by atomic mass is 9.92. The van der Waals surface area contributed by atoms with Gasteiger partial charge in [-0.3, -0.25) is 0 Å². The third kappa shape index (κ3) is 4.31. The van der Waals surface area contributed by atoms with Gasteiger partial charge in [-0.15, -0.1) is 11.3 Å². The van der Waals surface area contributed by atoms with E-state index in [2.05, 4.69) is 61.4 Å². The molecule has 0 amide bonds. The minimum absolute atomic E-state index is 0.279. The van der Waals surface area contributed by atoms with E-state index in [1.807, 2.05) is 6.33 Å². The summed E-state index contributed by atoms with van der Waals surface area (Å²) in [6, 6.07) is 3.09. The van der Waals surface area contributed by atoms with Gasteiger partial charge in [-0.1, -0.05) is 0 Å². The molecule has 7 nitrogen and oxygen atoms in total. The minimum Gasteiger partial charge on any atom is -0.364 e. The van der Waals surface area contributed by atoms with Gasteiger partial charge in [0.15, 0.2) is 17.0 Å². The van der Waals surface area contributed by atoms with Crippen LogP contribution in [0.5, 0.6) is 0 Å². The van der Waals surface area contributed by atoms with Gasteiger partial charge >= 0.3 is 0 Å². The lowest BCUT2D eigenvalue weighted by molar-refractivity contribution is 0.410. The fourth-order valence-corrected chi connectivity index (χ4v) is 4.76. The average Bonchev–Trinajstić information content (AvgIpc) is 3.28. The molecule has 3 aromatic heterocycles. The number of rotatable bonds is 6. The molecule has 28 heavy (non-hydrogen) atoms. The Labute approximate surface area is 177 Å². The molecule has 0 aromatic carbocycles. The van der Waals surface area contributed by atoms with E-state index >= 15 is 0 Å². The van der Waals surface area contributed by atoms with E-state index in [1.165, 1.54) is 5.56 Å². The minimum atomic E-state index is 0.279. The van der Waals surface area contributed by atoms with Crippen LogP contribution in [0.25, 0.3) is 11.2 Å². The summed E-state index contributed by atoms with van der Waals surface area (Å²) in [5.74, 6) is 1.42. The summed E-state index contributed by atoms with van der Waals surface area (Å²) in [5, 5.41) is 9.11. The summed E-state index contributed by atoms with van der Waals surface area (Å²) in [6.45, 7) is 4.96. The highest BCUT2D eigenvalue weighted by Crippen LogP contribution is 2.27. The SMILES string of the molecule is CC(C)n1cnc2c(NCc3csc(Br)c3)nc(NC3CCC(N)CC3)nc21. The van der Waals surface area contributed by atoms with Crippen LogP contribution in [-0.4, -0.2) is 31.6 Å². The summed E-state index contributed by atoms with van der Waals surface area (Å²) in [7, 11) is 0. The second-order valence-electron chi connectivity index (χ2n) is 7.68. The lowest BCUT2D eigenvalue weighted by Gasteiger charge is -2.27. The Hall–Kier alpha value is -1.71. The number of thiophene rings is 1. The number of imidazole rings is 1. The van der Waals surface area contributed by atoms with Crippen LogP contribution in [0.15, 0.2) is 21.6 Å². The van der Waals surface area contributed by atoms with E-state index in [9.17, 15) is 0 Å². The Morgan fingerprint density at radius 1 is 1.29 bits per heavy atom. The Bertz CT molecular complexity index is 943. The largest absolute Gasteiger partial charge is 0.364 e. The summed E-state index contributed by atoms with van der Waals surface area (Å²) >= 11 is 5.20. The second kappa shape index (κ2) is 8.34. The van der Waals surface area contributed by atoms with E-state index in [0.717, 1.165) is 46.5 Å². The molecule has 0 aliphatic heterocycles. The molecule has 150 valence electrons. The van der Waals surface area contributed by atoms with Crippen molar-refractivity contribution in [2.75, 3.05) is 10.6 Å². The first-order valence-electron chi connectivity index (χ1n) is 9.73. The highest BCUT2D eigenvalue weighted by molar-refractivity contribution is 9.11. The van der Waals surface area contributed by atoms with Crippen molar-refractivity contribution in [3.8, 4) is 0 Å². The van der Waals surface area contributed by atoms with Crippen molar-refractivity contribution in [2.45, 2.75) is 64.2 Å². The van der Waals surface area contributed by atoms with E-state index in [-0.39, 0.29) is 6.04 Å². The smallest absolute Gasteiger partial charge is 0.227 e. The predicted octanol–water partition coefficient (Wildman–Crippen LogP) is 4.53. The van der Waals surface area contributed by atoms with Crippen molar-refractivity contribution in [2.24, 2.45) is 5.73 Å². The molecular formula is C19H26BrN7S. The van der Waals surface area contributed by atoms with Crippen molar-refractivity contribution in [1.82, 2.24) is 19.5 Å². The van der Waals surface area contributed by atoms with Gasteiger partial charge in [0.25, 0.3) is 0 Å². The molecule has 0 bridgehead atoms. The van der Waals surface area contributed by atoms with Crippen molar-refractivity contribution in [3.63, 3.8) is 0 Å². The molecular weight excluding hydrogens is 438 g/mol. The molecule has 0 spiro atoms. The van der Waals surface area contributed by atoms with E-state index in [1.54, 1.807) is 11.3 Å². The van der Waals surface area contributed by atoms with E-state index < -0.39 is 0 Å². The zero-order valence-electron chi connectivity index (χ0n) is 16.2. The van der Waals surface area contributed by atoms with Crippen molar-refractivity contribution >= 4 is 50.2 Å². The third-order valence-corrected chi connectivity index (χ3v) is 6.72. The zero-order valence-corrected chi connectivity index (χ0v) is 18.6. The topological polar surface area (TPSA) is 93.7 Å². The highest BCUT2D eigenvalue weighted by atomic mass is 79.9. The molecule has 4 rings (SSSR count). The molecule has 0 unspecified atom stereocenters. The normalized spacial score (nSPS) is 20.0. The maximum absolute atomic E-state index is 6.04. The van der Waals surface area contributed by atoms with Crippen LogP contribution >= 0.6 is 27.3 Å². The maximum Gasteiger partial charge on any atom is 0.227 e. The Balaban J connectivity index is 1.62. The maximum atomic E-state index is 6.04. The molecule has 4 N–H and O–H groups in total. The van der Waals surface area contributed by atoms with Gasteiger partial charge in [0.1, 0.15) is 0 Å². The van der Waals surface area contributed by atoms with Gasteiger partial charge in [0.2, 0.25) is 5.95 Å². The monoisotopic (exact) mass is 463 g/mol. The van der Waals surface area contributed by atoms with Gasteiger partial charge in [0.05, 0.1) is 10.1 Å². The second-order valence-corrected chi connectivity index (χ2v) is 9.97. The number of nitrogens with zero attached hydrogens (tertiary/aromatic N) is 4. The first kappa shape index (κ1) is 19.6. The highest BCUT2D eigenvalue weighted by Gasteiger charge is 2.21. The molecule has 1 aliphatic carbocycles. The van der Waals surface area contributed by atoms with Gasteiger partial charge in [-0.2, -0.15) is 9.97 Å². The summed E-state index contributed by atoms with van der Waals surface area (Å²) in [4.78, 5) is 14.1. The first-order chi connectivity index (χ1) is 13.5. The number of nitrogens with one attached hydrogen (secondary N) is 2. The third-order valence-electron chi connectivity index (χ3n) is 5.16. The van der Waals surface area contributed by atoms with Gasteiger partial charge in [0, 0.05) is 24.7 Å². The van der Waals surface area contributed by atoms with Gasteiger partial charge < -0.3 is 20.9 Å². The van der Waals surface area contributed by atoms with Gasteiger partial charge in [-0.25, -0.2) is 4.98 Å². The molecule has 3 aromatic rings. The van der Waals surface area contributed by atoms with E-state index in [0.29, 0.717) is 24.6 Å². The zero-order chi connectivity index (χ0) is 19.7. The molecule has 9 heteroatoms. The number of aromatic nitrogens is 4. The van der Waals surface area contributed by atoms with Crippen LogP contribution < -0.4 is 16.4 Å². The number of halogens is 1. The van der Waals surface area contributed by atoms with Crippen molar-refractivity contribution in [1.29, 1.82) is 0 Å². The predicted molar refractivity (Wildman–Crippen MR) is 119 cm³/mol. The number of fused-ring (bicyclic) bond motifs is 1. The molecule has 3 heterocycles. The molecule has 0 saturated heterocycles. The Morgan fingerprint density at radius 3 is 2.75 bits per heavy atom. The Kier molecular flexibility index (Phi) is 5.84. The summed E-state index contributed by atoms with van der Waals surface area (Å²) in [5.41, 5.74) is 8.91. The van der Waals surface area contributed by atoms with Crippen LogP contribution in [0.4, 0.5) is 11.8 Å². The fraction of sp³-hybridized carbons (Fsp3) is 0.526. The van der Waals surface area contributed by atoms with Crippen LogP contribution in [0.3, 0.4) is 0 Å². The number of hydrogen-bond acceptors (Lipinski definition) is 7. The lowest BCUT2D eigenvalue weighted by Crippen LogP contribution is -2.33. The molecule has 0 atom stereocenters. The molecule has 0 radical (unpaired) electrons. The summed E-state index contributed by atoms with van der Waals surface area (Å²) < 4.78 is 3.21. The number of nitrogens with two attached hydrogens (primary N) is 1. The quantitative estimate of drug-likeness (QED) is 0.497. The molecule has 1 aliphatic rings. The molecule has 1 fully saturated rings. The Morgan fingerprint density at radius 2 is 2.07 bits per heavy atom. The summed E-state index contributed by atoms with van der Waals surface area (Å²) in [6.07, 6.45) is 6.04. The molecule has 1 saturated carbocycles. The average molecular weight is 464 g/mol. The fourth-order valence-electron chi connectivity index (χ4n) is 3.55. The van der Waals surface area contributed by atoms with Crippen LogP contribution in [0.2, 0.25) is 0 Å².